The standard InChI is InChI=1S/C13H22N2OS/c1-3-11(14)13(12-5-4-7-16-12)15-6-8-17-10(2)9-15/h4-5,7,10-11,13H,3,6,8-9,14H2,1-2H3. The smallest absolute Gasteiger partial charge is 0.122 e. The Balaban J connectivity index is 2.15. The lowest BCUT2D eigenvalue weighted by atomic mass is 10.0. The monoisotopic (exact) mass is 254 g/mol. The van der Waals surface area contributed by atoms with E-state index >= 15 is 0 Å². The summed E-state index contributed by atoms with van der Waals surface area (Å²) in [6.45, 7) is 6.63. The van der Waals surface area contributed by atoms with Gasteiger partial charge in [0.2, 0.25) is 0 Å². The van der Waals surface area contributed by atoms with Crippen molar-refractivity contribution in [1.29, 1.82) is 0 Å². The predicted molar refractivity (Wildman–Crippen MR) is 73.2 cm³/mol. The summed E-state index contributed by atoms with van der Waals surface area (Å²) < 4.78 is 5.58. The van der Waals surface area contributed by atoms with Crippen LogP contribution in [0.1, 0.15) is 32.1 Å². The van der Waals surface area contributed by atoms with E-state index in [1.54, 1.807) is 6.26 Å². The fourth-order valence-electron chi connectivity index (χ4n) is 2.44. The van der Waals surface area contributed by atoms with Gasteiger partial charge in [-0.15, -0.1) is 0 Å². The van der Waals surface area contributed by atoms with Gasteiger partial charge in [-0.1, -0.05) is 13.8 Å². The summed E-state index contributed by atoms with van der Waals surface area (Å²) in [7, 11) is 0. The molecule has 2 heterocycles. The molecule has 0 aliphatic carbocycles. The molecule has 1 aliphatic heterocycles. The van der Waals surface area contributed by atoms with Crippen LogP contribution in [-0.4, -0.2) is 35.0 Å². The zero-order valence-electron chi connectivity index (χ0n) is 10.6. The van der Waals surface area contributed by atoms with Crippen LogP contribution in [0.25, 0.3) is 0 Å². The van der Waals surface area contributed by atoms with Gasteiger partial charge in [-0.2, -0.15) is 11.8 Å². The van der Waals surface area contributed by atoms with Crippen molar-refractivity contribution in [2.45, 2.75) is 37.6 Å². The molecule has 1 aromatic rings. The summed E-state index contributed by atoms with van der Waals surface area (Å²) in [5.41, 5.74) is 6.28. The number of hydrogen-bond donors (Lipinski definition) is 1. The average Bonchev–Trinajstić information content (AvgIpc) is 2.83. The molecule has 0 spiro atoms. The molecule has 0 radical (unpaired) electrons. The predicted octanol–water partition coefficient (Wildman–Crippen LogP) is 2.50. The minimum Gasteiger partial charge on any atom is -0.468 e. The van der Waals surface area contributed by atoms with Gasteiger partial charge >= 0.3 is 0 Å². The highest BCUT2D eigenvalue weighted by Crippen LogP contribution is 2.30. The average molecular weight is 254 g/mol. The van der Waals surface area contributed by atoms with Crippen LogP contribution in [0, 0.1) is 0 Å². The molecule has 0 saturated carbocycles. The van der Waals surface area contributed by atoms with Gasteiger partial charge < -0.3 is 10.2 Å². The van der Waals surface area contributed by atoms with Crippen molar-refractivity contribution in [3.05, 3.63) is 24.2 Å². The Kier molecular flexibility index (Phi) is 4.54. The largest absolute Gasteiger partial charge is 0.468 e. The Morgan fingerprint density at radius 3 is 3.06 bits per heavy atom. The third kappa shape index (κ3) is 3.06. The highest BCUT2D eigenvalue weighted by atomic mass is 32.2. The molecular formula is C13H22N2OS. The van der Waals surface area contributed by atoms with Crippen molar-refractivity contribution in [3.63, 3.8) is 0 Å². The van der Waals surface area contributed by atoms with Crippen LogP contribution in [0.5, 0.6) is 0 Å². The van der Waals surface area contributed by atoms with Gasteiger partial charge in [-0.3, -0.25) is 4.90 Å². The summed E-state index contributed by atoms with van der Waals surface area (Å²) in [5, 5.41) is 0.685. The summed E-state index contributed by atoms with van der Waals surface area (Å²) >= 11 is 2.04. The van der Waals surface area contributed by atoms with Crippen LogP contribution < -0.4 is 5.73 Å². The molecule has 3 nitrogen and oxygen atoms in total. The molecule has 2 N–H and O–H groups in total. The first-order chi connectivity index (χ1) is 8.22. The fraction of sp³-hybridized carbons (Fsp3) is 0.692. The maximum Gasteiger partial charge on any atom is 0.122 e. The minimum absolute atomic E-state index is 0.149. The van der Waals surface area contributed by atoms with Gasteiger partial charge in [0.15, 0.2) is 0 Å². The Labute approximate surface area is 108 Å². The van der Waals surface area contributed by atoms with Crippen molar-refractivity contribution in [3.8, 4) is 0 Å². The van der Waals surface area contributed by atoms with E-state index in [0.717, 1.165) is 25.3 Å². The summed E-state index contributed by atoms with van der Waals surface area (Å²) in [4.78, 5) is 2.48. The minimum atomic E-state index is 0.149. The third-order valence-corrected chi connectivity index (χ3v) is 4.51. The first-order valence-corrected chi connectivity index (χ1v) is 7.42. The van der Waals surface area contributed by atoms with Gasteiger partial charge in [-0.05, 0) is 18.6 Å². The van der Waals surface area contributed by atoms with E-state index in [9.17, 15) is 0 Å². The first-order valence-electron chi connectivity index (χ1n) is 6.37. The Bertz CT molecular complexity index is 328. The second kappa shape index (κ2) is 5.94. The quantitative estimate of drug-likeness (QED) is 0.896. The van der Waals surface area contributed by atoms with Crippen molar-refractivity contribution < 1.29 is 4.42 Å². The lowest BCUT2D eigenvalue weighted by molar-refractivity contribution is 0.154. The second-order valence-corrected chi connectivity index (χ2v) is 6.26. The number of nitrogens with zero attached hydrogens (tertiary/aromatic N) is 1. The van der Waals surface area contributed by atoms with Gasteiger partial charge in [0, 0.05) is 30.1 Å². The molecule has 0 amide bonds. The van der Waals surface area contributed by atoms with Gasteiger partial charge in [0.25, 0.3) is 0 Å². The van der Waals surface area contributed by atoms with E-state index in [1.165, 1.54) is 5.75 Å². The molecule has 1 aliphatic rings. The third-order valence-electron chi connectivity index (χ3n) is 3.38. The summed E-state index contributed by atoms with van der Waals surface area (Å²) in [5.74, 6) is 2.20. The molecule has 2 rings (SSSR count). The van der Waals surface area contributed by atoms with Crippen LogP contribution >= 0.6 is 11.8 Å². The van der Waals surface area contributed by atoms with Crippen LogP contribution in [0.4, 0.5) is 0 Å². The van der Waals surface area contributed by atoms with E-state index in [0.29, 0.717) is 5.25 Å². The van der Waals surface area contributed by atoms with E-state index in [2.05, 4.69) is 18.7 Å². The number of thioether (sulfide) groups is 1. The molecule has 3 atom stereocenters. The molecule has 1 saturated heterocycles. The molecule has 0 aromatic carbocycles. The van der Waals surface area contributed by atoms with E-state index in [-0.39, 0.29) is 12.1 Å². The molecule has 4 heteroatoms. The molecule has 17 heavy (non-hydrogen) atoms. The first kappa shape index (κ1) is 13.0. The fourth-order valence-corrected chi connectivity index (χ4v) is 3.48. The zero-order chi connectivity index (χ0) is 12.3. The van der Waals surface area contributed by atoms with Crippen LogP contribution in [-0.2, 0) is 0 Å². The van der Waals surface area contributed by atoms with Crippen molar-refractivity contribution >= 4 is 11.8 Å². The zero-order valence-corrected chi connectivity index (χ0v) is 11.5. The number of furan rings is 1. The lowest BCUT2D eigenvalue weighted by Gasteiger charge is -2.38. The van der Waals surface area contributed by atoms with Crippen molar-refractivity contribution in [1.82, 2.24) is 4.90 Å². The number of nitrogens with two attached hydrogens (primary N) is 1. The Morgan fingerprint density at radius 1 is 1.65 bits per heavy atom. The van der Waals surface area contributed by atoms with Crippen molar-refractivity contribution in [2.75, 3.05) is 18.8 Å². The van der Waals surface area contributed by atoms with E-state index in [4.69, 9.17) is 10.2 Å². The Morgan fingerprint density at radius 2 is 2.47 bits per heavy atom. The molecule has 96 valence electrons. The molecule has 0 bridgehead atoms. The SMILES string of the molecule is CCC(N)C(c1ccco1)N1CCSC(C)C1. The second-order valence-electron chi connectivity index (χ2n) is 4.71. The normalized spacial score (nSPS) is 25.7. The Hall–Kier alpha value is -0.450. The van der Waals surface area contributed by atoms with Gasteiger partial charge in [0.05, 0.1) is 12.3 Å². The maximum absolute atomic E-state index is 6.28. The highest BCUT2D eigenvalue weighted by Gasteiger charge is 2.30. The van der Waals surface area contributed by atoms with Gasteiger partial charge in [0.1, 0.15) is 5.76 Å². The topological polar surface area (TPSA) is 42.4 Å². The lowest BCUT2D eigenvalue weighted by Crippen LogP contribution is -2.46. The molecule has 3 unspecified atom stereocenters. The summed E-state index contributed by atoms with van der Waals surface area (Å²) in [6.07, 6.45) is 2.72. The summed E-state index contributed by atoms with van der Waals surface area (Å²) in [6, 6.07) is 4.38. The number of rotatable bonds is 4. The maximum atomic E-state index is 6.28. The molecular weight excluding hydrogens is 232 g/mol. The molecule has 1 aromatic heterocycles. The van der Waals surface area contributed by atoms with E-state index in [1.807, 2.05) is 23.9 Å². The van der Waals surface area contributed by atoms with E-state index < -0.39 is 0 Å². The number of hydrogen-bond acceptors (Lipinski definition) is 4. The van der Waals surface area contributed by atoms with Crippen LogP contribution in [0.15, 0.2) is 22.8 Å². The highest BCUT2D eigenvalue weighted by molar-refractivity contribution is 7.99. The van der Waals surface area contributed by atoms with Gasteiger partial charge in [-0.25, -0.2) is 0 Å². The van der Waals surface area contributed by atoms with Crippen molar-refractivity contribution in [2.24, 2.45) is 5.73 Å². The van der Waals surface area contributed by atoms with Crippen LogP contribution in [0.3, 0.4) is 0 Å². The van der Waals surface area contributed by atoms with Crippen LogP contribution in [0.2, 0.25) is 0 Å². The molecule has 1 fully saturated rings.